The van der Waals surface area contributed by atoms with E-state index in [0.717, 1.165) is 16.5 Å². The number of hydrogen-bond donors (Lipinski definition) is 1. The van der Waals surface area contributed by atoms with Gasteiger partial charge in [0.1, 0.15) is 6.17 Å². The Bertz CT molecular complexity index is 1590. The van der Waals surface area contributed by atoms with Crippen molar-refractivity contribution in [1.29, 1.82) is 0 Å². The Hall–Kier alpha value is -3.86. The number of amides is 2. The molecule has 5 heterocycles. The number of thioether (sulfide) groups is 1. The topological polar surface area (TPSA) is 86.1 Å². The second kappa shape index (κ2) is 8.32. The summed E-state index contributed by atoms with van der Waals surface area (Å²) in [5, 5.41) is 12.6. The molecule has 2 aromatic carbocycles. The summed E-state index contributed by atoms with van der Waals surface area (Å²) in [6, 6.07) is 10.5. The molecule has 2 saturated heterocycles. The average molecular weight is 537 g/mol. The Morgan fingerprint density at radius 1 is 0.947 bits per heavy atom. The van der Waals surface area contributed by atoms with Crippen LogP contribution < -0.4 is 10.4 Å². The number of benzene rings is 2. The van der Waals surface area contributed by atoms with Crippen LogP contribution >= 0.6 is 11.8 Å². The summed E-state index contributed by atoms with van der Waals surface area (Å²) in [7, 11) is 0. The van der Waals surface area contributed by atoms with Crippen LogP contribution in [0.15, 0.2) is 58.4 Å². The Labute approximate surface area is 220 Å². The Morgan fingerprint density at radius 2 is 1.76 bits per heavy atom. The fraction of sp³-hybridized carbons (Fsp3) is 0.296. The third-order valence-corrected chi connectivity index (χ3v) is 9.14. The van der Waals surface area contributed by atoms with Crippen LogP contribution in [0.1, 0.15) is 46.1 Å². The largest absolute Gasteiger partial charge is 0.502 e. The van der Waals surface area contributed by atoms with Crippen molar-refractivity contribution >= 4 is 23.6 Å². The van der Waals surface area contributed by atoms with Gasteiger partial charge in [-0.25, -0.2) is 8.78 Å². The van der Waals surface area contributed by atoms with Crippen LogP contribution in [-0.2, 0) is 10.5 Å². The molecule has 194 valence electrons. The van der Waals surface area contributed by atoms with Gasteiger partial charge in [0.25, 0.3) is 5.91 Å². The summed E-state index contributed by atoms with van der Waals surface area (Å²) >= 11 is 1.39. The van der Waals surface area contributed by atoms with Gasteiger partial charge in [0.15, 0.2) is 23.1 Å². The molecule has 0 radical (unpaired) electrons. The first-order valence-corrected chi connectivity index (χ1v) is 13.4. The summed E-state index contributed by atoms with van der Waals surface area (Å²) in [5.74, 6) is -2.87. The lowest BCUT2D eigenvalue weighted by atomic mass is 9.92. The minimum absolute atomic E-state index is 0.000868. The van der Waals surface area contributed by atoms with Crippen molar-refractivity contribution in [3.8, 4) is 5.75 Å². The number of fused-ring (bicyclic) bond motifs is 5. The first kappa shape index (κ1) is 23.3. The molecule has 4 aliphatic heterocycles. The van der Waals surface area contributed by atoms with E-state index in [-0.39, 0.29) is 42.0 Å². The molecule has 1 aromatic heterocycles. The normalized spacial score (nSPS) is 23.8. The van der Waals surface area contributed by atoms with Crippen molar-refractivity contribution in [3.63, 3.8) is 0 Å². The molecule has 1 N–H and O–H groups in total. The highest BCUT2D eigenvalue weighted by Crippen LogP contribution is 2.45. The third kappa shape index (κ3) is 3.17. The van der Waals surface area contributed by atoms with Gasteiger partial charge in [0, 0.05) is 41.4 Å². The van der Waals surface area contributed by atoms with E-state index in [4.69, 9.17) is 0 Å². The molecule has 2 fully saturated rings. The SMILES string of the molecule is O=C1CC[C@H]2CN3C(=O)c4c(O)c(=O)ccn4N([C@@H]4c5ccccc5SCc5c4ccc(F)c5F)[C@H]3CN12. The molecule has 38 heavy (non-hydrogen) atoms. The van der Waals surface area contributed by atoms with Gasteiger partial charge in [-0.2, -0.15) is 0 Å². The van der Waals surface area contributed by atoms with E-state index >= 15 is 4.39 Å². The lowest BCUT2D eigenvalue weighted by Crippen LogP contribution is -2.70. The van der Waals surface area contributed by atoms with Gasteiger partial charge >= 0.3 is 0 Å². The molecule has 2 amide bonds. The molecule has 7 rings (SSSR count). The smallest absolute Gasteiger partial charge is 0.278 e. The minimum atomic E-state index is -0.950. The second-order valence-electron chi connectivity index (χ2n) is 9.94. The Kier molecular flexibility index (Phi) is 5.10. The van der Waals surface area contributed by atoms with E-state index in [0.29, 0.717) is 18.4 Å². The summed E-state index contributed by atoms with van der Waals surface area (Å²) in [5.41, 5.74) is 0.635. The number of piperazine rings is 1. The maximum absolute atomic E-state index is 15.3. The lowest BCUT2D eigenvalue weighted by molar-refractivity contribution is -0.132. The van der Waals surface area contributed by atoms with Crippen LogP contribution in [0.3, 0.4) is 0 Å². The molecule has 11 heteroatoms. The van der Waals surface area contributed by atoms with E-state index in [1.54, 1.807) is 15.9 Å². The quantitative estimate of drug-likeness (QED) is 0.515. The van der Waals surface area contributed by atoms with Crippen LogP contribution in [0.25, 0.3) is 0 Å². The predicted molar refractivity (Wildman–Crippen MR) is 134 cm³/mol. The van der Waals surface area contributed by atoms with E-state index in [1.807, 2.05) is 29.3 Å². The molecule has 0 saturated carbocycles. The zero-order chi connectivity index (χ0) is 26.3. The van der Waals surface area contributed by atoms with Crippen LogP contribution in [0.4, 0.5) is 8.78 Å². The highest BCUT2D eigenvalue weighted by molar-refractivity contribution is 7.98. The number of rotatable bonds is 1. The summed E-state index contributed by atoms with van der Waals surface area (Å²) in [6.07, 6.45) is 1.73. The monoisotopic (exact) mass is 536 g/mol. The highest BCUT2D eigenvalue weighted by atomic mass is 32.2. The van der Waals surface area contributed by atoms with Gasteiger partial charge in [0.05, 0.1) is 18.6 Å². The zero-order valence-electron chi connectivity index (χ0n) is 20.0. The maximum Gasteiger partial charge on any atom is 0.278 e. The molecule has 8 nitrogen and oxygen atoms in total. The lowest BCUT2D eigenvalue weighted by Gasteiger charge is -2.54. The standard InChI is InChI=1S/C27H22F2N4O4S/c28-18-7-6-15-17(23(18)29)13-38-20-4-2-1-3-16(20)24(15)33-21-12-30-14(5-8-22(30)35)11-31(21)27(37)25-26(36)19(34)9-10-32(25)33/h1-4,6-7,9-10,14,21,24,36H,5,8,11-13H2/t14-,21-,24-/m0/s1. The number of pyridine rings is 1. The summed E-state index contributed by atoms with van der Waals surface area (Å²) < 4.78 is 31.1. The van der Waals surface area contributed by atoms with Crippen molar-refractivity contribution in [2.45, 2.75) is 41.7 Å². The highest BCUT2D eigenvalue weighted by Gasteiger charge is 2.51. The van der Waals surface area contributed by atoms with E-state index in [1.165, 1.54) is 28.7 Å². The fourth-order valence-electron chi connectivity index (χ4n) is 6.24. The van der Waals surface area contributed by atoms with Crippen LogP contribution in [0.5, 0.6) is 5.75 Å². The van der Waals surface area contributed by atoms with E-state index in [9.17, 15) is 23.9 Å². The zero-order valence-corrected chi connectivity index (χ0v) is 20.8. The van der Waals surface area contributed by atoms with Crippen LogP contribution in [-0.4, -0.2) is 56.7 Å². The fourth-order valence-corrected chi connectivity index (χ4v) is 7.35. The molecule has 4 aliphatic rings. The van der Waals surface area contributed by atoms with Gasteiger partial charge in [0.2, 0.25) is 11.3 Å². The van der Waals surface area contributed by atoms with E-state index in [2.05, 4.69) is 0 Å². The molecular weight excluding hydrogens is 514 g/mol. The molecule has 0 bridgehead atoms. The predicted octanol–water partition coefficient (Wildman–Crippen LogP) is 2.95. The number of aromatic hydroxyl groups is 1. The summed E-state index contributed by atoms with van der Waals surface area (Å²) in [4.78, 5) is 43.2. The molecule has 3 aromatic rings. The number of carbonyl (C=O) groups is 2. The van der Waals surface area contributed by atoms with Crippen molar-refractivity contribution in [3.05, 3.63) is 92.9 Å². The number of halogens is 2. The number of nitrogens with zero attached hydrogens (tertiary/aromatic N) is 4. The molecule has 3 atom stereocenters. The molecular formula is C27H22F2N4O4S. The average Bonchev–Trinajstić information content (AvgIpc) is 3.19. The first-order valence-electron chi connectivity index (χ1n) is 12.4. The Balaban J connectivity index is 1.52. The van der Waals surface area contributed by atoms with Crippen molar-refractivity contribution < 1.29 is 23.5 Å². The Morgan fingerprint density at radius 3 is 2.61 bits per heavy atom. The minimum Gasteiger partial charge on any atom is -0.502 e. The van der Waals surface area contributed by atoms with Gasteiger partial charge in [-0.3, -0.25) is 24.1 Å². The van der Waals surface area contributed by atoms with E-state index < -0.39 is 40.9 Å². The van der Waals surface area contributed by atoms with Gasteiger partial charge in [-0.05, 0) is 29.7 Å². The third-order valence-electron chi connectivity index (χ3n) is 8.03. The molecule has 0 unspecified atom stereocenters. The molecule has 0 spiro atoms. The first-order chi connectivity index (χ1) is 18.3. The van der Waals surface area contributed by atoms with Gasteiger partial charge < -0.3 is 14.9 Å². The number of aromatic nitrogens is 1. The number of hydrogen-bond acceptors (Lipinski definition) is 6. The number of carbonyl (C=O) groups excluding carboxylic acids is 2. The maximum atomic E-state index is 15.3. The summed E-state index contributed by atoms with van der Waals surface area (Å²) in [6.45, 7) is 0.439. The molecule has 0 aliphatic carbocycles. The van der Waals surface area contributed by atoms with Crippen LogP contribution in [0, 0.1) is 11.6 Å². The van der Waals surface area contributed by atoms with Gasteiger partial charge in [-0.15, -0.1) is 11.8 Å². The van der Waals surface area contributed by atoms with Crippen molar-refractivity contribution in [2.75, 3.05) is 18.1 Å². The van der Waals surface area contributed by atoms with Gasteiger partial charge in [-0.1, -0.05) is 24.3 Å². The van der Waals surface area contributed by atoms with Crippen molar-refractivity contribution in [2.24, 2.45) is 0 Å². The van der Waals surface area contributed by atoms with Crippen molar-refractivity contribution in [1.82, 2.24) is 14.5 Å². The van der Waals surface area contributed by atoms with Crippen LogP contribution in [0.2, 0.25) is 0 Å². The second-order valence-corrected chi connectivity index (χ2v) is 11.0.